The van der Waals surface area contributed by atoms with Gasteiger partial charge in [-0.05, 0) is 127 Å². The predicted molar refractivity (Wildman–Crippen MR) is 335 cm³/mol. The van der Waals surface area contributed by atoms with E-state index in [4.69, 9.17) is 9.47 Å². The fraction of sp³-hybridized carbons (Fsp3) is 0.681. The zero-order chi connectivity index (χ0) is 57.0. The number of unbranched alkanes of at least 4 members (excludes halogenated alkanes) is 24. The van der Waals surface area contributed by atoms with E-state index in [-0.39, 0.29) is 16.8 Å². The molecule has 436 valence electrons. The Hall–Kier alpha value is -3.99. The monoisotopic (exact) mass is 1060 g/mol. The minimum Gasteiger partial charge on any atom is -0.461 e. The summed E-state index contributed by atoms with van der Waals surface area (Å²) in [5.74, 6) is -1.08. The lowest BCUT2D eigenvalue weighted by atomic mass is 9.72. The Labute approximate surface area is 475 Å². The van der Waals surface area contributed by atoms with Crippen LogP contribution in [0.3, 0.4) is 0 Å². The number of carbonyl (C=O) groups is 3. The van der Waals surface area contributed by atoms with Gasteiger partial charge < -0.3 is 9.47 Å². The molecule has 0 heterocycles. The van der Waals surface area contributed by atoms with Crippen molar-refractivity contribution in [3.8, 4) is 0 Å². The molecule has 0 bridgehead atoms. The molecule has 0 saturated heterocycles. The summed E-state index contributed by atoms with van der Waals surface area (Å²) in [6, 6.07) is 0. The van der Waals surface area contributed by atoms with Gasteiger partial charge in [-0.2, -0.15) is 0 Å². The molecule has 0 aromatic rings. The minimum absolute atomic E-state index is 0.0720. The first-order valence-corrected chi connectivity index (χ1v) is 31.6. The summed E-state index contributed by atoms with van der Waals surface area (Å²) < 4.78 is 10.4. The summed E-state index contributed by atoms with van der Waals surface area (Å²) in [7, 11) is 0. The fourth-order valence-corrected chi connectivity index (χ4v) is 10.7. The fourth-order valence-electron chi connectivity index (χ4n) is 10.7. The first-order chi connectivity index (χ1) is 36.9. The highest BCUT2D eigenvalue weighted by Gasteiger charge is 2.27. The first-order valence-electron chi connectivity index (χ1n) is 31.6. The van der Waals surface area contributed by atoms with Crippen molar-refractivity contribution in [3.63, 3.8) is 0 Å². The summed E-state index contributed by atoms with van der Waals surface area (Å²) in [5.41, 5.74) is 10.7. The van der Waals surface area contributed by atoms with Crippen LogP contribution in [0.4, 0.5) is 0 Å². The molecule has 0 aromatic carbocycles. The van der Waals surface area contributed by atoms with E-state index in [9.17, 15) is 14.4 Å². The Morgan fingerprint density at radius 1 is 0.455 bits per heavy atom. The number of allylic oxidation sites excluding steroid dienone is 18. The van der Waals surface area contributed by atoms with Gasteiger partial charge in [-0.3, -0.25) is 9.59 Å². The van der Waals surface area contributed by atoms with Crippen LogP contribution in [0.25, 0.3) is 0 Å². The topological polar surface area (TPSA) is 69.7 Å². The third-order valence-electron chi connectivity index (χ3n) is 15.7. The van der Waals surface area contributed by atoms with Crippen LogP contribution in [-0.4, -0.2) is 24.5 Å². The Bertz CT molecular complexity index is 1960. The number of rotatable bonds is 39. The second kappa shape index (κ2) is 44.8. The lowest BCUT2D eigenvalue weighted by Crippen LogP contribution is -2.19. The average molecular weight is 1060 g/mol. The van der Waals surface area contributed by atoms with Gasteiger partial charge in [0.15, 0.2) is 0 Å². The third kappa shape index (κ3) is 38.3. The number of carbonyl (C=O) groups excluding carboxylic acids is 3. The largest absolute Gasteiger partial charge is 0.461 e. The van der Waals surface area contributed by atoms with Gasteiger partial charge in [0, 0.05) is 18.9 Å². The van der Waals surface area contributed by atoms with Crippen molar-refractivity contribution in [2.45, 2.75) is 301 Å². The van der Waals surface area contributed by atoms with Crippen molar-refractivity contribution in [2.75, 3.05) is 6.61 Å². The standard InChI is InChI=1S/C36H58O3.C36H60O2/c1-7-8-9-10-11-12-13-14-15-16-17-18-19-25-34(37)39-35(38)29-31(3)23-20-22-30(2)26-27-33-32(4)24-21-28-36(33,5)6;1-7-8-9-10-11-12-13-14-15-16-17-18-19-25-35(37)38-30-28-32(3)23-20-22-31(2)26-27-34-33(4)24-21-29-36(34,5)6/h20,22-23,26-27,29H,7-19,21,24-25,28H2,1-6H3;20,22-23,26-28H,7-19,21,24-25,29-30H2,1-6H3/b23-20+,27-26+,30-22+,31-29+;23-20+,27-26+,31-22+,32-28+. The lowest BCUT2D eigenvalue weighted by molar-refractivity contribution is -0.156. The number of hydrogen-bond acceptors (Lipinski definition) is 5. The quantitative estimate of drug-likeness (QED) is 0.0202. The van der Waals surface area contributed by atoms with Gasteiger partial charge in [-0.1, -0.05) is 284 Å². The Morgan fingerprint density at radius 2 is 0.805 bits per heavy atom. The van der Waals surface area contributed by atoms with Crippen LogP contribution in [-0.2, 0) is 23.9 Å². The van der Waals surface area contributed by atoms with E-state index in [0.717, 1.165) is 48.8 Å². The smallest absolute Gasteiger partial charge is 0.338 e. The first kappa shape index (κ1) is 71.0. The van der Waals surface area contributed by atoms with Crippen LogP contribution in [0, 0.1) is 10.8 Å². The predicted octanol–water partition coefficient (Wildman–Crippen LogP) is 22.6. The second-order valence-electron chi connectivity index (χ2n) is 24.4. The van der Waals surface area contributed by atoms with Crippen molar-refractivity contribution in [1.29, 1.82) is 0 Å². The second-order valence-corrected chi connectivity index (χ2v) is 24.4. The molecule has 0 unspecified atom stereocenters. The molecule has 2 rings (SSSR count). The highest BCUT2D eigenvalue weighted by Crippen LogP contribution is 2.42. The van der Waals surface area contributed by atoms with Crippen molar-refractivity contribution >= 4 is 17.9 Å². The van der Waals surface area contributed by atoms with E-state index in [0.29, 0.717) is 19.4 Å². The van der Waals surface area contributed by atoms with E-state index in [1.807, 2.05) is 31.2 Å². The SMILES string of the molecule is CCCCCCCCCCCCCCCC(=O)OC(=O)/C=C(C)/C=C/C=C(C)/C=C/C1=C(C)CCCC1(C)C.CCCCCCCCCCCCCCCC(=O)OC/C=C(C)/C=C/C=C(C)/C=C/C1=C(C)CCCC1(C)C. The molecule has 5 nitrogen and oxygen atoms in total. The van der Waals surface area contributed by atoms with E-state index in [2.05, 4.69) is 119 Å². The highest BCUT2D eigenvalue weighted by molar-refractivity contribution is 5.92. The highest BCUT2D eigenvalue weighted by atomic mass is 16.6. The molecular weight excluding hydrogens is 945 g/mol. The number of ether oxygens (including phenoxy) is 2. The molecule has 0 aromatic heterocycles. The van der Waals surface area contributed by atoms with Gasteiger partial charge in [-0.15, -0.1) is 0 Å². The molecule has 0 amide bonds. The van der Waals surface area contributed by atoms with Gasteiger partial charge in [0.2, 0.25) is 0 Å². The summed E-state index contributed by atoms with van der Waals surface area (Å²) in [6.07, 6.45) is 66.3. The normalized spacial score (nSPS) is 16.6. The molecule has 2 aliphatic carbocycles. The Balaban J connectivity index is 0.000000770. The van der Waals surface area contributed by atoms with Crippen LogP contribution in [0.15, 0.2) is 117 Å². The summed E-state index contributed by atoms with van der Waals surface area (Å²) >= 11 is 0. The molecule has 0 N–H and O–H groups in total. The van der Waals surface area contributed by atoms with Gasteiger partial charge in [0.05, 0.1) is 0 Å². The maximum atomic E-state index is 12.1. The molecule has 77 heavy (non-hydrogen) atoms. The van der Waals surface area contributed by atoms with Gasteiger partial charge >= 0.3 is 17.9 Å². The Kier molecular flexibility index (Phi) is 41.3. The van der Waals surface area contributed by atoms with Gasteiger partial charge in [0.1, 0.15) is 6.61 Å². The van der Waals surface area contributed by atoms with E-state index in [1.165, 1.54) is 207 Å². The van der Waals surface area contributed by atoms with E-state index >= 15 is 0 Å². The summed E-state index contributed by atoms with van der Waals surface area (Å²) in [5, 5.41) is 0. The number of esters is 3. The number of hydrogen-bond donors (Lipinski definition) is 0. The minimum atomic E-state index is -0.584. The lowest BCUT2D eigenvalue weighted by Gasteiger charge is -2.33. The Morgan fingerprint density at radius 3 is 1.18 bits per heavy atom. The zero-order valence-electron chi connectivity index (χ0n) is 52.2. The third-order valence-corrected chi connectivity index (χ3v) is 15.7. The van der Waals surface area contributed by atoms with Crippen LogP contribution >= 0.6 is 0 Å². The van der Waals surface area contributed by atoms with Crippen molar-refractivity contribution in [3.05, 3.63) is 117 Å². The van der Waals surface area contributed by atoms with Crippen molar-refractivity contribution in [1.82, 2.24) is 0 Å². The van der Waals surface area contributed by atoms with Crippen LogP contribution in [0.5, 0.6) is 0 Å². The van der Waals surface area contributed by atoms with Crippen LogP contribution in [0.1, 0.15) is 301 Å². The molecule has 2 aliphatic rings. The van der Waals surface area contributed by atoms with Gasteiger partial charge in [-0.25, -0.2) is 4.79 Å². The molecular formula is C72H118O5. The van der Waals surface area contributed by atoms with Crippen molar-refractivity contribution < 1.29 is 23.9 Å². The van der Waals surface area contributed by atoms with Gasteiger partial charge in [0.25, 0.3) is 0 Å². The molecule has 0 saturated carbocycles. The molecule has 0 aliphatic heterocycles. The van der Waals surface area contributed by atoms with Crippen LogP contribution < -0.4 is 0 Å². The van der Waals surface area contributed by atoms with E-state index in [1.54, 1.807) is 0 Å². The molecule has 0 spiro atoms. The molecule has 0 fully saturated rings. The summed E-state index contributed by atoms with van der Waals surface area (Å²) in [6.45, 7) is 26.9. The summed E-state index contributed by atoms with van der Waals surface area (Å²) in [4.78, 5) is 36.1. The molecule has 0 radical (unpaired) electrons. The molecule has 5 heteroatoms. The average Bonchev–Trinajstić information content (AvgIpc) is 3.36. The molecule has 0 atom stereocenters. The maximum absolute atomic E-state index is 12.1. The van der Waals surface area contributed by atoms with Crippen LogP contribution in [0.2, 0.25) is 0 Å². The van der Waals surface area contributed by atoms with Crippen molar-refractivity contribution in [2.24, 2.45) is 10.8 Å². The zero-order valence-corrected chi connectivity index (χ0v) is 52.2. The maximum Gasteiger partial charge on any atom is 0.338 e. The van der Waals surface area contributed by atoms with E-state index < -0.39 is 11.9 Å².